The molecule has 1 N–H and O–H groups in total. The van der Waals surface area contributed by atoms with Crippen molar-refractivity contribution in [3.8, 4) is 23.7 Å². The van der Waals surface area contributed by atoms with Gasteiger partial charge < -0.3 is 5.11 Å². The quantitative estimate of drug-likeness (QED) is 0.314. The predicted molar refractivity (Wildman–Crippen MR) is 79.3 cm³/mol. The van der Waals surface area contributed by atoms with Crippen molar-refractivity contribution in [3.05, 3.63) is 24.8 Å². The van der Waals surface area contributed by atoms with Gasteiger partial charge in [-0.25, -0.2) is 0 Å². The molecule has 0 aliphatic rings. The predicted octanol–water partition coefficient (Wildman–Crippen LogP) is 3.03. The Morgan fingerprint density at radius 3 is 2.68 bits per heavy atom. The summed E-state index contributed by atoms with van der Waals surface area (Å²) in [5.74, 6) is 10.2. The molecule has 0 heterocycles. The summed E-state index contributed by atoms with van der Waals surface area (Å²) in [6.07, 6.45) is 9.77. The minimum absolute atomic E-state index is 0.102. The van der Waals surface area contributed by atoms with Gasteiger partial charge in [0, 0.05) is 6.42 Å². The second-order valence-electron chi connectivity index (χ2n) is 4.18. The van der Waals surface area contributed by atoms with Crippen molar-refractivity contribution >= 4 is 5.78 Å². The van der Waals surface area contributed by atoms with Crippen molar-refractivity contribution < 1.29 is 9.90 Å². The summed E-state index contributed by atoms with van der Waals surface area (Å²) in [5.41, 5.74) is 0. The van der Waals surface area contributed by atoms with Gasteiger partial charge in [0.15, 0.2) is 5.78 Å². The number of rotatable bonds is 8. The van der Waals surface area contributed by atoms with Gasteiger partial charge in [-0.1, -0.05) is 57.1 Å². The van der Waals surface area contributed by atoms with E-state index in [2.05, 4.69) is 37.2 Å². The molecule has 0 bridgehead atoms. The number of unbranched alkanes of at least 4 members (excludes halogenated alkanes) is 4. The highest BCUT2D eigenvalue weighted by molar-refractivity contribution is 5.90. The molecular weight excluding hydrogens is 236 g/mol. The van der Waals surface area contributed by atoms with Gasteiger partial charge in [0.1, 0.15) is 6.10 Å². The highest BCUT2D eigenvalue weighted by Crippen LogP contribution is 2.05. The third-order valence-electron chi connectivity index (χ3n) is 2.46. The van der Waals surface area contributed by atoms with Crippen LogP contribution >= 0.6 is 0 Å². The SMILES string of the molecule is C=C[C@H](O)C#CC#C/C=C\C(=O)CCCCCCC. The monoisotopic (exact) mass is 258 g/mol. The first kappa shape index (κ1) is 17.2. The number of hydrogen-bond acceptors (Lipinski definition) is 2. The van der Waals surface area contributed by atoms with E-state index < -0.39 is 6.10 Å². The lowest BCUT2D eigenvalue weighted by atomic mass is 10.1. The zero-order valence-electron chi connectivity index (χ0n) is 11.6. The molecule has 0 aliphatic heterocycles. The molecule has 0 aliphatic carbocycles. The fraction of sp³-hybridized carbons (Fsp3) is 0.471. The van der Waals surface area contributed by atoms with Crippen LogP contribution in [0.25, 0.3) is 0 Å². The molecule has 0 saturated carbocycles. The largest absolute Gasteiger partial charge is 0.377 e. The van der Waals surface area contributed by atoms with Gasteiger partial charge in [-0.2, -0.15) is 0 Å². The number of hydrogen-bond donors (Lipinski definition) is 1. The number of carbonyl (C=O) groups is 1. The van der Waals surface area contributed by atoms with Crippen LogP contribution < -0.4 is 0 Å². The fourth-order valence-electron chi connectivity index (χ4n) is 1.37. The molecule has 1 atom stereocenters. The summed E-state index contributed by atoms with van der Waals surface area (Å²) in [5, 5.41) is 9.03. The Hall–Kier alpha value is -1.77. The van der Waals surface area contributed by atoms with E-state index >= 15 is 0 Å². The Labute approximate surface area is 116 Å². The fourth-order valence-corrected chi connectivity index (χ4v) is 1.37. The molecule has 102 valence electrons. The molecule has 0 fully saturated rings. The lowest BCUT2D eigenvalue weighted by molar-refractivity contribution is -0.114. The van der Waals surface area contributed by atoms with Crippen molar-refractivity contribution in [2.24, 2.45) is 0 Å². The maximum Gasteiger partial charge on any atom is 0.156 e. The Kier molecular flexibility index (Phi) is 11.5. The summed E-state index contributed by atoms with van der Waals surface area (Å²) in [7, 11) is 0. The van der Waals surface area contributed by atoms with Gasteiger partial charge in [-0.05, 0) is 30.4 Å². The third kappa shape index (κ3) is 12.5. The summed E-state index contributed by atoms with van der Waals surface area (Å²) >= 11 is 0. The second-order valence-corrected chi connectivity index (χ2v) is 4.18. The van der Waals surface area contributed by atoms with Crippen LogP contribution in [0.1, 0.15) is 45.4 Å². The average molecular weight is 258 g/mol. The normalized spacial score (nSPS) is 11.1. The first-order chi connectivity index (χ1) is 9.20. The topological polar surface area (TPSA) is 37.3 Å². The summed E-state index contributed by atoms with van der Waals surface area (Å²) in [4.78, 5) is 11.4. The minimum atomic E-state index is -0.844. The van der Waals surface area contributed by atoms with Gasteiger partial charge in [-0.3, -0.25) is 4.79 Å². The standard InChI is InChI=1S/C17H22O2/c1-3-5-6-7-11-14-17(19)15-12-9-8-10-13-16(18)4-2/h4,12,15-16,18H,2-3,5-7,11,14H2,1H3/b15-12-/t16-/m0/s1. The van der Waals surface area contributed by atoms with E-state index in [9.17, 15) is 4.79 Å². The number of aliphatic hydroxyl groups is 1. The van der Waals surface area contributed by atoms with Crippen LogP contribution in [0.4, 0.5) is 0 Å². The maximum absolute atomic E-state index is 11.4. The number of allylic oxidation sites excluding steroid dienone is 2. The third-order valence-corrected chi connectivity index (χ3v) is 2.46. The molecule has 2 heteroatoms. The van der Waals surface area contributed by atoms with E-state index in [0.29, 0.717) is 6.42 Å². The van der Waals surface area contributed by atoms with Crippen LogP contribution in [-0.2, 0) is 4.79 Å². The molecule has 0 amide bonds. The van der Waals surface area contributed by atoms with E-state index in [0.717, 1.165) is 12.8 Å². The highest BCUT2D eigenvalue weighted by atomic mass is 16.3. The Morgan fingerprint density at radius 2 is 2.00 bits per heavy atom. The van der Waals surface area contributed by atoms with E-state index in [1.165, 1.54) is 37.5 Å². The van der Waals surface area contributed by atoms with Gasteiger partial charge >= 0.3 is 0 Å². The molecule has 0 saturated heterocycles. The number of carbonyl (C=O) groups excluding carboxylic acids is 1. The van der Waals surface area contributed by atoms with Crippen LogP contribution in [0.2, 0.25) is 0 Å². The van der Waals surface area contributed by atoms with Crippen molar-refractivity contribution in [2.75, 3.05) is 0 Å². The van der Waals surface area contributed by atoms with Crippen LogP contribution in [-0.4, -0.2) is 17.0 Å². The summed E-state index contributed by atoms with van der Waals surface area (Å²) < 4.78 is 0. The Morgan fingerprint density at radius 1 is 1.26 bits per heavy atom. The van der Waals surface area contributed by atoms with Crippen LogP contribution in [0.5, 0.6) is 0 Å². The van der Waals surface area contributed by atoms with Gasteiger partial charge in [0.2, 0.25) is 0 Å². The van der Waals surface area contributed by atoms with Gasteiger partial charge in [0.25, 0.3) is 0 Å². The van der Waals surface area contributed by atoms with Gasteiger partial charge in [-0.15, -0.1) is 0 Å². The number of ketones is 1. The molecule has 19 heavy (non-hydrogen) atoms. The molecule has 0 aromatic carbocycles. The second kappa shape index (κ2) is 12.7. The summed E-state index contributed by atoms with van der Waals surface area (Å²) in [6.45, 7) is 5.56. The first-order valence-corrected chi connectivity index (χ1v) is 6.71. The molecule has 0 rings (SSSR count). The molecule has 0 spiro atoms. The Balaban J connectivity index is 3.80. The van der Waals surface area contributed by atoms with Crippen molar-refractivity contribution in [1.82, 2.24) is 0 Å². The molecular formula is C17H22O2. The maximum atomic E-state index is 11.4. The zero-order valence-corrected chi connectivity index (χ0v) is 11.6. The van der Waals surface area contributed by atoms with Crippen molar-refractivity contribution in [1.29, 1.82) is 0 Å². The van der Waals surface area contributed by atoms with E-state index in [1.54, 1.807) is 0 Å². The van der Waals surface area contributed by atoms with Crippen LogP contribution in [0, 0.1) is 23.7 Å². The zero-order chi connectivity index (χ0) is 14.3. The number of aliphatic hydroxyl groups excluding tert-OH is 1. The lowest BCUT2D eigenvalue weighted by Gasteiger charge is -1.96. The molecule has 0 aromatic heterocycles. The van der Waals surface area contributed by atoms with Crippen LogP contribution in [0.3, 0.4) is 0 Å². The highest BCUT2D eigenvalue weighted by Gasteiger charge is 1.95. The van der Waals surface area contributed by atoms with Crippen molar-refractivity contribution in [2.45, 2.75) is 51.6 Å². The molecule has 0 unspecified atom stereocenters. The van der Waals surface area contributed by atoms with Crippen molar-refractivity contribution in [3.63, 3.8) is 0 Å². The Bertz CT molecular complexity index is 410. The van der Waals surface area contributed by atoms with E-state index in [1.807, 2.05) is 0 Å². The molecule has 0 aromatic rings. The minimum Gasteiger partial charge on any atom is -0.377 e. The summed E-state index contributed by atoms with van der Waals surface area (Å²) in [6, 6.07) is 0. The molecule has 2 nitrogen and oxygen atoms in total. The van der Waals surface area contributed by atoms with E-state index in [4.69, 9.17) is 5.11 Å². The lowest BCUT2D eigenvalue weighted by Crippen LogP contribution is -1.94. The average Bonchev–Trinajstić information content (AvgIpc) is 2.42. The van der Waals surface area contributed by atoms with Gasteiger partial charge in [0.05, 0.1) is 0 Å². The van der Waals surface area contributed by atoms with Crippen LogP contribution in [0.15, 0.2) is 24.8 Å². The first-order valence-electron chi connectivity index (χ1n) is 6.71. The van der Waals surface area contributed by atoms with E-state index in [-0.39, 0.29) is 5.78 Å². The molecule has 0 radical (unpaired) electrons. The smallest absolute Gasteiger partial charge is 0.156 e.